The van der Waals surface area contributed by atoms with E-state index < -0.39 is 0 Å². The van der Waals surface area contributed by atoms with E-state index in [2.05, 4.69) is 9.97 Å². The van der Waals surface area contributed by atoms with Gasteiger partial charge in [-0.2, -0.15) is 0 Å². The third-order valence-corrected chi connectivity index (χ3v) is 2.98. The van der Waals surface area contributed by atoms with Gasteiger partial charge in [0.1, 0.15) is 0 Å². The zero-order chi connectivity index (χ0) is 11.7. The van der Waals surface area contributed by atoms with Crippen LogP contribution in [0.3, 0.4) is 0 Å². The van der Waals surface area contributed by atoms with Gasteiger partial charge >= 0.3 is 0 Å². The standard InChI is InChI=1S/C11H18N4O.ClH/c1-7(2)10-13-8(9(12)14-10)11(16)15-5-3-4-6-15;/h7H,3-6,12H2,1-2H3,(H,13,14);1H. The lowest BCUT2D eigenvalue weighted by atomic mass is 10.2. The number of rotatable bonds is 2. The van der Waals surface area contributed by atoms with Crippen LogP contribution in [0.1, 0.15) is 48.9 Å². The summed E-state index contributed by atoms with van der Waals surface area (Å²) in [6, 6.07) is 0. The van der Waals surface area contributed by atoms with Gasteiger partial charge in [0.05, 0.1) is 0 Å². The number of nitrogens with two attached hydrogens (primary N) is 1. The van der Waals surface area contributed by atoms with Crippen LogP contribution in [0.4, 0.5) is 5.82 Å². The Morgan fingerprint density at radius 3 is 2.47 bits per heavy atom. The Morgan fingerprint density at radius 1 is 1.41 bits per heavy atom. The van der Waals surface area contributed by atoms with Crippen molar-refractivity contribution in [2.24, 2.45) is 0 Å². The number of hydrogen-bond acceptors (Lipinski definition) is 2. The first-order valence-corrected chi connectivity index (χ1v) is 5.79. The van der Waals surface area contributed by atoms with Crippen LogP contribution in [0.15, 0.2) is 0 Å². The van der Waals surface area contributed by atoms with E-state index in [0.717, 1.165) is 31.8 Å². The molecule has 0 atom stereocenters. The minimum Gasteiger partial charge on any atom is -1.00 e. The Labute approximate surface area is 107 Å². The highest BCUT2D eigenvalue weighted by Crippen LogP contribution is 2.16. The second kappa shape index (κ2) is 5.40. The minimum absolute atomic E-state index is 0. The molecule has 1 amide bonds. The molecule has 1 aliphatic rings. The maximum Gasteiger partial charge on any atom is 0.292 e. The molecule has 0 saturated carbocycles. The number of nitrogen functional groups attached to an aromatic ring is 1. The van der Waals surface area contributed by atoms with Gasteiger partial charge in [-0.05, 0) is 12.8 Å². The first-order chi connectivity index (χ1) is 7.59. The summed E-state index contributed by atoms with van der Waals surface area (Å²) in [4.78, 5) is 20.1. The number of carbonyl (C=O) groups excluding carboxylic acids is 1. The maximum atomic E-state index is 12.1. The molecule has 0 spiro atoms. The van der Waals surface area contributed by atoms with Gasteiger partial charge in [-0.15, -0.1) is 0 Å². The number of hydrogen-bond donors (Lipinski definition) is 2. The summed E-state index contributed by atoms with van der Waals surface area (Å²) in [7, 11) is 0. The molecular weight excluding hydrogens is 240 g/mol. The van der Waals surface area contributed by atoms with E-state index >= 15 is 0 Å². The van der Waals surface area contributed by atoms with Gasteiger partial charge in [-0.3, -0.25) is 9.78 Å². The van der Waals surface area contributed by atoms with Crippen LogP contribution in [0.2, 0.25) is 0 Å². The number of anilines is 1. The van der Waals surface area contributed by atoms with Crippen molar-refractivity contribution in [2.75, 3.05) is 18.8 Å². The van der Waals surface area contributed by atoms with E-state index in [1.807, 2.05) is 18.7 Å². The number of nitrogens with one attached hydrogen (secondary N) is 2. The molecule has 0 aliphatic carbocycles. The lowest BCUT2D eigenvalue weighted by molar-refractivity contribution is -0.373. The second-order valence-corrected chi connectivity index (χ2v) is 4.61. The molecule has 1 fully saturated rings. The Balaban J connectivity index is 0.00000144. The first kappa shape index (κ1) is 13.8. The Hall–Kier alpha value is -1.23. The number of imidazole rings is 1. The number of amides is 1. The predicted molar refractivity (Wildman–Crippen MR) is 61.0 cm³/mol. The molecule has 17 heavy (non-hydrogen) atoms. The van der Waals surface area contributed by atoms with Crippen LogP contribution in [0, 0.1) is 0 Å². The van der Waals surface area contributed by atoms with Crippen LogP contribution >= 0.6 is 0 Å². The summed E-state index contributed by atoms with van der Waals surface area (Å²) in [5.74, 6) is 1.67. The van der Waals surface area contributed by atoms with Crippen LogP contribution < -0.4 is 23.1 Å². The predicted octanol–water partition coefficient (Wildman–Crippen LogP) is -2.23. The number of halogens is 1. The third kappa shape index (κ3) is 2.72. The van der Waals surface area contributed by atoms with E-state index in [-0.39, 0.29) is 18.3 Å². The van der Waals surface area contributed by atoms with Crippen molar-refractivity contribution in [3.8, 4) is 0 Å². The molecule has 96 valence electrons. The average Bonchev–Trinajstić information content (AvgIpc) is 2.84. The fourth-order valence-corrected chi connectivity index (χ4v) is 1.98. The topological polar surface area (TPSA) is 76.3 Å². The molecule has 1 saturated heterocycles. The summed E-state index contributed by atoms with van der Waals surface area (Å²) >= 11 is 0. The highest BCUT2D eigenvalue weighted by molar-refractivity contribution is 5.96. The maximum absolute atomic E-state index is 12.1. The summed E-state index contributed by atoms with van der Waals surface area (Å²) in [6.07, 6.45) is 2.18. The number of nitrogens with zero attached hydrogens (tertiary/aromatic N) is 1. The second-order valence-electron chi connectivity index (χ2n) is 4.61. The quantitative estimate of drug-likeness (QED) is 0.630. The van der Waals surface area contributed by atoms with Crippen molar-refractivity contribution in [3.63, 3.8) is 0 Å². The van der Waals surface area contributed by atoms with Crippen LogP contribution in [0.25, 0.3) is 0 Å². The van der Waals surface area contributed by atoms with E-state index in [4.69, 9.17) is 5.73 Å². The van der Waals surface area contributed by atoms with E-state index in [1.165, 1.54) is 0 Å². The van der Waals surface area contributed by atoms with Gasteiger partial charge in [0.2, 0.25) is 11.5 Å². The Morgan fingerprint density at radius 2 is 2.00 bits per heavy atom. The van der Waals surface area contributed by atoms with Crippen molar-refractivity contribution in [2.45, 2.75) is 32.6 Å². The smallest absolute Gasteiger partial charge is 0.292 e. The van der Waals surface area contributed by atoms with Crippen LogP contribution in [-0.4, -0.2) is 28.9 Å². The van der Waals surface area contributed by atoms with Gasteiger partial charge in [-0.25, -0.2) is 4.98 Å². The highest BCUT2D eigenvalue weighted by Gasteiger charge is 2.27. The fourth-order valence-electron chi connectivity index (χ4n) is 1.98. The first-order valence-electron chi connectivity index (χ1n) is 5.79. The van der Waals surface area contributed by atoms with Crippen molar-refractivity contribution >= 4 is 11.7 Å². The van der Waals surface area contributed by atoms with Crippen molar-refractivity contribution in [1.82, 2.24) is 9.88 Å². The molecule has 0 bridgehead atoms. The minimum atomic E-state index is 0. The number of H-pyrrole nitrogens is 2. The highest BCUT2D eigenvalue weighted by atomic mass is 35.5. The van der Waals surface area contributed by atoms with Gasteiger partial charge < -0.3 is 23.0 Å². The monoisotopic (exact) mass is 258 g/mol. The van der Waals surface area contributed by atoms with Crippen LogP contribution in [0.5, 0.6) is 0 Å². The zero-order valence-electron chi connectivity index (χ0n) is 10.2. The van der Waals surface area contributed by atoms with Gasteiger partial charge in [0.15, 0.2) is 0 Å². The molecule has 0 radical (unpaired) electrons. The normalized spacial score (nSPS) is 15.1. The lowest BCUT2D eigenvalue weighted by Crippen LogP contribution is -3.00. The molecule has 1 aliphatic heterocycles. The van der Waals surface area contributed by atoms with Crippen LogP contribution in [-0.2, 0) is 0 Å². The zero-order valence-corrected chi connectivity index (χ0v) is 11.0. The van der Waals surface area contributed by atoms with E-state index in [0.29, 0.717) is 17.4 Å². The third-order valence-electron chi connectivity index (χ3n) is 2.98. The summed E-state index contributed by atoms with van der Waals surface area (Å²) in [6.45, 7) is 5.78. The molecule has 0 aromatic carbocycles. The molecule has 1 aromatic heterocycles. The van der Waals surface area contributed by atoms with Crippen molar-refractivity contribution in [1.29, 1.82) is 0 Å². The number of aromatic nitrogens is 2. The van der Waals surface area contributed by atoms with Gasteiger partial charge in [0.25, 0.3) is 11.7 Å². The molecule has 4 N–H and O–H groups in total. The molecule has 6 heteroatoms. The van der Waals surface area contributed by atoms with Gasteiger partial charge in [-0.1, -0.05) is 13.8 Å². The number of likely N-dealkylation sites (tertiary alicyclic amines) is 1. The molecule has 0 unspecified atom stereocenters. The Bertz CT molecular complexity index is 396. The summed E-state index contributed by atoms with van der Waals surface area (Å²) in [5, 5.41) is 0. The fraction of sp³-hybridized carbons (Fsp3) is 0.636. The van der Waals surface area contributed by atoms with E-state index in [1.54, 1.807) is 0 Å². The molecule has 5 nitrogen and oxygen atoms in total. The van der Waals surface area contributed by atoms with E-state index in [9.17, 15) is 4.79 Å². The molecule has 1 aromatic rings. The lowest BCUT2D eigenvalue weighted by Gasteiger charge is -2.12. The molecule has 2 rings (SSSR count). The SMILES string of the molecule is CC(C)c1[nH]c(C(=O)N2CCCC2)c(N)[nH+]1.[Cl-]. The number of aromatic amines is 2. The Kier molecular flexibility index (Phi) is 4.40. The van der Waals surface area contributed by atoms with Crippen molar-refractivity contribution in [3.05, 3.63) is 11.5 Å². The average molecular weight is 259 g/mol. The largest absolute Gasteiger partial charge is 1.00 e. The summed E-state index contributed by atoms with van der Waals surface area (Å²) in [5.41, 5.74) is 6.32. The molecule has 2 heterocycles. The molecular formula is C11H19ClN4O. The van der Waals surface area contributed by atoms with Crippen molar-refractivity contribution < 1.29 is 22.2 Å². The summed E-state index contributed by atoms with van der Waals surface area (Å²) < 4.78 is 0. The van der Waals surface area contributed by atoms with Gasteiger partial charge in [0, 0.05) is 19.0 Å². The number of carbonyl (C=O) groups is 1.